The number of aromatic nitrogens is 1. The zero-order valence-corrected chi connectivity index (χ0v) is 20.4. The molecule has 1 aliphatic heterocycles. The maximum atomic E-state index is 12.6. The summed E-state index contributed by atoms with van der Waals surface area (Å²) in [7, 11) is 1.66. The van der Waals surface area contributed by atoms with Crippen LogP contribution < -0.4 is 10.2 Å². The van der Waals surface area contributed by atoms with E-state index in [2.05, 4.69) is 33.8 Å². The minimum Gasteiger partial charge on any atom is -0.383 e. The molecule has 2 aromatic rings. The first-order valence-corrected chi connectivity index (χ1v) is 11.5. The fraction of sp³-hybridized carbons (Fsp3) is 0.423. The number of amides is 2. The molecule has 2 amide bonds. The van der Waals surface area contributed by atoms with Gasteiger partial charge >= 0.3 is 0 Å². The molecule has 0 saturated carbocycles. The van der Waals surface area contributed by atoms with E-state index in [0.717, 1.165) is 35.7 Å². The molecule has 8 nitrogen and oxygen atoms in total. The monoisotopic (exact) mass is 463 g/mol. The Hall–Kier alpha value is -3.57. The number of nitrogens with zero attached hydrogens (tertiary/aromatic N) is 4. The predicted octanol–water partition coefficient (Wildman–Crippen LogP) is 2.68. The van der Waals surface area contributed by atoms with Crippen LogP contribution in [0.4, 0.5) is 5.69 Å². The van der Waals surface area contributed by atoms with Crippen molar-refractivity contribution in [2.24, 2.45) is 0 Å². The first-order chi connectivity index (χ1) is 16.3. The molecule has 1 fully saturated rings. The van der Waals surface area contributed by atoms with E-state index in [4.69, 9.17) is 4.74 Å². The summed E-state index contributed by atoms with van der Waals surface area (Å²) in [6, 6.07) is 14.2. The number of benzene rings is 1. The largest absolute Gasteiger partial charge is 0.383 e. The highest BCUT2D eigenvalue weighted by Crippen LogP contribution is 2.23. The Morgan fingerprint density at radius 3 is 2.47 bits per heavy atom. The van der Waals surface area contributed by atoms with E-state index in [0.29, 0.717) is 19.7 Å². The summed E-state index contributed by atoms with van der Waals surface area (Å²) in [5, 5.41) is 12.2. The number of methoxy groups -OCH3 is 1. The highest BCUT2D eigenvalue weighted by atomic mass is 16.5. The van der Waals surface area contributed by atoms with E-state index in [1.54, 1.807) is 18.1 Å². The van der Waals surface area contributed by atoms with Crippen LogP contribution >= 0.6 is 0 Å². The Kier molecular flexibility index (Phi) is 8.50. The second kappa shape index (κ2) is 11.5. The Morgan fingerprint density at radius 2 is 1.85 bits per heavy atom. The van der Waals surface area contributed by atoms with Gasteiger partial charge in [-0.25, -0.2) is 0 Å². The molecule has 0 aliphatic carbocycles. The quantitative estimate of drug-likeness (QED) is 0.480. The van der Waals surface area contributed by atoms with E-state index in [1.807, 2.05) is 44.2 Å². The van der Waals surface area contributed by atoms with Crippen LogP contribution in [0, 0.1) is 25.2 Å². The highest BCUT2D eigenvalue weighted by molar-refractivity contribution is 6.03. The number of ether oxygens (including phenoxy) is 1. The van der Waals surface area contributed by atoms with Crippen LogP contribution in [-0.2, 0) is 14.3 Å². The van der Waals surface area contributed by atoms with Gasteiger partial charge in [0.1, 0.15) is 11.6 Å². The molecule has 1 unspecified atom stereocenters. The van der Waals surface area contributed by atoms with Gasteiger partial charge in [0.2, 0.25) is 5.91 Å². The Balaban J connectivity index is 1.58. The first-order valence-electron chi connectivity index (χ1n) is 11.5. The van der Waals surface area contributed by atoms with Crippen molar-refractivity contribution in [3.05, 3.63) is 58.9 Å². The number of piperazine rings is 1. The van der Waals surface area contributed by atoms with E-state index in [1.165, 1.54) is 0 Å². The third-order valence-corrected chi connectivity index (χ3v) is 6.19. The van der Waals surface area contributed by atoms with Crippen LogP contribution in [0.3, 0.4) is 0 Å². The molecule has 1 aromatic heterocycles. The number of aryl methyl sites for hydroxylation is 1. The van der Waals surface area contributed by atoms with Gasteiger partial charge in [0, 0.05) is 50.4 Å². The Labute approximate surface area is 201 Å². The molecule has 34 heavy (non-hydrogen) atoms. The molecule has 1 atom stereocenters. The predicted molar refractivity (Wildman–Crippen MR) is 132 cm³/mol. The summed E-state index contributed by atoms with van der Waals surface area (Å²) in [6.07, 6.45) is 1.58. The topological polar surface area (TPSA) is 90.6 Å². The second-order valence-electron chi connectivity index (χ2n) is 8.56. The zero-order chi connectivity index (χ0) is 24.7. The number of nitriles is 1. The number of hydrogen-bond donors (Lipinski definition) is 1. The van der Waals surface area contributed by atoms with E-state index in [-0.39, 0.29) is 24.1 Å². The number of carbonyl (C=O) groups is 2. The van der Waals surface area contributed by atoms with Crippen molar-refractivity contribution in [1.29, 1.82) is 5.26 Å². The molecule has 1 N–H and O–H groups in total. The lowest BCUT2D eigenvalue weighted by Gasteiger charge is -2.36. The first kappa shape index (κ1) is 25.1. The Bertz CT molecular complexity index is 1080. The van der Waals surface area contributed by atoms with E-state index >= 15 is 0 Å². The Morgan fingerprint density at radius 1 is 1.18 bits per heavy atom. The van der Waals surface area contributed by atoms with Crippen molar-refractivity contribution in [3.63, 3.8) is 0 Å². The number of nitrogens with one attached hydrogen (secondary N) is 1. The maximum absolute atomic E-state index is 12.6. The molecule has 1 aliphatic rings. The van der Waals surface area contributed by atoms with E-state index in [9.17, 15) is 14.9 Å². The summed E-state index contributed by atoms with van der Waals surface area (Å²) < 4.78 is 7.39. The number of carbonyl (C=O) groups excluding carboxylic acids is 2. The van der Waals surface area contributed by atoms with Crippen LogP contribution in [0.2, 0.25) is 0 Å². The van der Waals surface area contributed by atoms with Crippen molar-refractivity contribution >= 4 is 23.6 Å². The molecule has 1 saturated heterocycles. The number of anilines is 1. The van der Waals surface area contributed by atoms with Gasteiger partial charge in [0.15, 0.2) is 0 Å². The SMILES string of the molecule is COCC(C)n1c(C)cc(/C=C(/C#N)C(=O)NCC(=O)N2CCN(c3ccccc3)CC2)c1C. The van der Waals surface area contributed by atoms with Gasteiger partial charge in [-0.05, 0) is 50.6 Å². The van der Waals surface area contributed by atoms with Crippen LogP contribution in [0.1, 0.15) is 29.9 Å². The second-order valence-corrected chi connectivity index (χ2v) is 8.56. The van der Waals surface area contributed by atoms with Gasteiger partial charge in [0.25, 0.3) is 5.91 Å². The minimum absolute atomic E-state index is 0.0265. The van der Waals surface area contributed by atoms with Crippen molar-refractivity contribution < 1.29 is 14.3 Å². The van der Waals surface area contributed by atoms with E-state index < -0.39 is 5.91 Å². The smallest absolute Gasteiger partial charge is 0.262 e. The van der Waals surface area contributed by atoms with Crippen molar-refractivity contribution in [2.45, 2.75) is 26.8 Å². The lowest BCUT2D eigenvalue weighted by atomic mass is 10.1. The summed E-state index contributed by atoms with van der Waals surface area (Å²) in [5.74, 6) is -0.696. The molecular weight excluding hydrogens is 430 g/mol. The lowest BCUT2D eigenvalue weighted by molar-refractivity contribution is -0.132. The fourth-order valence-corrected chi connectivity index (χ4v) is 4.46. The minimum atomic E-state index is -0.548. The average molecular weight is 464 g/mol. The van der Waals surface area contributed by atoms with Crippen molar-refractivity contribution in [1.82, 2.24) is 14.8 Å². The van der Waals surface area contributed by atoms with Crippen molar-refractivity contribution in [3.8, 4) is 6.07 Å². The summed E-state index contributed by atoms with van der Waals surface area (Å²) >= 11 is 0. The van der Waals surface area contributed by atoms with Gasteiger partial charge in [-0.1, -0.05) is 18.2 Å². The summed E-state index contributed by atoms with van der Waals surface area (Å²) in [4.78, 5) is 29.3. The van der Waals surface area contributed by atoms with Crippen molar-refractivity contribution in [2.75, 3.05) is 51.3 Å². The molecular formula is C26H33N5O3. The molecule has 1 aromatic carbocycles. The van der Waals surface area contributed by atoms with Gasteiger partial charge < -0.3 is 24.4 Å². The molecule has 0 radical (unpaired) electrons. The van der Waals surface area contributed by atoms with Crippen LogP contribution in [0.15, 0.2) is 42.0 Å². The maximum Gasteiger partial charge on any atom is 0.262 e. The number of hydrogen-bond acceptors (Lipinski definition) is 5. The summed E-state index contributed by atoms with van der Waals surface area (Å²) in [6.45, 7) is 9.09. The standard InChI is InChI=1S/C26H33N5O3/c1-19-14-22(21(3)31(19)20(2)18-34-4)15-23(16-27)26(33)28-17-25(32)30-12-10-29(11-13-30)24-8-6-5-7-9-24/h5-9,14-15,20H,10-13,17-18H2,1-4H3,(H,28,33)/b23-15-. The summed E-state index contributed by atoms with van der Waals surface area (Å²) in [5.41, 5.74) is 3.89. The normalized spacial score (nSPS) is 15.1. The molecule has 0 bridgehead atoms. The number of para-hydroxylation sites is 1. The van der Waals surface area contributed by atoms with Crippen LogP contribution in [0.5, 0.6) is 0 Å². The molecule has 8 heteroatoms. The average Bonchev–Trinajstić information content (AvgIpc) is 3.14. The van der Waals surface area contributed by atoms with Crippen LogP contribution in [0.25, 0.3) is 6.08 Å². The third kappa shape index (κ3) is 5.86. The fourth-order valence-electron chi connectivity index (χ4n) is 4.46. The molecule has 3 rings (SSSR count). The number of rotatable bonds is 8. The van der Waals surface area contributed by atoms with Gasteiger partial charge in [-0.15, -0.1) is 0 Å². The van der Waals surface area contributed by atoms with Gasteiger partial charge in [-0.3, -0.25) is 9.59 Å². The zero-order valence-electron chi connectivity index (χ0n) is 20.4. The van der Waals surface area contributed by atoms with Gasteiger partial charge in [-0.2, -0.15) is 5.26 Å². The molecule has 180 valence electrons. The molecule has 2 heterocycles. The lowest BCUT2D eigenvalue weighted by Crippen LogP contribution is -2.51. The van der Waals surface area contributed by atoms with Gasteiger partial charge in [0.05, 0.1) is 19.2 Å². The van der Waals surface area contributed by atoms with Crippen LogP contribution in [-0.4, -0.2) is 67.7 Å². The highest BCUT2D eigenvalue weighted by Gasteiger charge is 2.22. The molecule has 0 spiro atoms. The third-order valence-electron chi connectivity index (χ3n) is 6.19.